The molecule has 22 heavy (non-hydrogen) atoms. The summed E-state index contributed by atoms with van der Waals surface area (Å²) in [5.41, 5.74) is 0. The van der Waals surface area contributed by atoms with E-state index in [1.807, 2.05) is 9.80 Å². The average molecular weight is 309 g/mol. The lowest BCUT2D eigenvalue weighted by atomic mass is 9.80. The fourth-order valence-corrected chi connectivity index (χ4v) is 3.93. The van der Waals surface area contributed by atoms with Crippen molar-refractivity contribution < 1.29 is 9.59 Å². The van der Waals surface area contributed by atoms with Crippen LogP contribution in [0.25, 0.3) is 0 Å². The van der Waals surface area contributed by atoms with Crippen LogP contribution < -0.4 is 5.32 Å². The smallest absolute Gasteiger partial charge is 0.223 e. The van der Waals surface area contributed by atoms with Gasteiger partial charge in [0.2, 0.25) is 11.8 Å². The van der Waals surface area contributed by atoms with E-state index in [0.717, 1.165) is 18.4 Å². The molecule has 126 valence electrons. The van der Waals surface area contributed by atoms with E-state index in [2.05, 4.69) is 19.2 Å². The van der Waals surface area contributed by atoms with Crippen molar-refractivity contribution in [2.24, 2.45) is 11.8 Å². The first kappa shape index (κ1) is 17.3. The van der Waals surface area contributed by atoms with Crippen LogP contribution in [0.1, 0.15) is 46.5 Å². The third-order valence-corrected chi connectivity index (χ3v) is 5.03. The molecule has 0 aromatic carbocycles. The number of nitrogens with one attached hydrogen (secondary N) is 1. The lowest BCUT2D eigenvalue weighted by Gasteiger charge is -2.35. The van der Waals surface area contributed by atoms with Gasteiger partial charge < -0.3 is 15.1 Å². The van der Waals surface area contributed by atoms with Crippen LogP contribution in [0.2, 0.25) is 0 Å². The molecule has 5 heteroatoms. The van der Waals surface area contributed by atoms with Gasteiger partial charge in [0.25, 0.3) is 0 Å². The largest absolute Gasteiger partial charge is 0.339 e. The third kappa shape index (κ3) is 4.97. The summed E-state index contributed by atoms with van der Waals surface area (Å²) in [6.45, 7) is 9.71. The molecule has 3 atom stereocenters. The van der Waals surface area contributed by atoms with Crippen LogP contribution in [0.5, 0.6) is 0 Å². The molecule has 0 aromatic rings. The molecule has 5 nitrogen and oxygen atoms in total. The Labute approximate surface area is 134 Å². The van der Waals surface area contributed by atoms with E-state index < -0.39 is 0 Å². The molecule has 2 aliphatic rings. The first-order chi connectivity index (χ1) is 10.5. The number of nitrogens with zero attached hydrogens (tertiary/aromatic N) is 2. The standard InChI is InChI=1S/C17H31N3O2/c1-13-10-14(2)12-16(11-13)18-5-4-17(22)20-8-6-19(7-9-20)15(3)21/h13-14,16,18H,4-12H2,1-3H3/t13-,14+,16?. The lowest BCUT2D eigenvalue weighted by Crippen LogP contribution is -2.50. The Morgan fingerprint density at radius 1 is 0.955 bits per heavy atom. The molecule has 0 aromatic heterocycles. The van der Waals surface area contributed by atoms with E-state index in [1.54, 1.807) is 6.92 Å². The van der Waals surface area contributed by atoms with Gasteiger partial charge in [-0.25, -0.2) is 0 Å². The van der Waals surface area contributed by atoms with Crippen LogP contribution >= 0.6 is 0 Å². The number of rotatable bonds is 4. The van der Waals surface area contributed by atoms with Gasteiger partial charge in [-0.3, -0.25) is 9.59 Å². The molecule has 1 heterocycles. The quantitative estimate of drug-likeness (QED) is 0.856. The molecule has 1 saturated heterocycles. The fourth-order valence-electron chi connectivity index (χ4n) is 3.93. The van der Waals surface area contributed by atoms with Crippen molar-refractivity contribution in [1.82, 2.24) is 15.1 Å². The van der Waals surface area contributed by atoms with Crippen molar-refractivity contribution in [3.05, 3.63) is 0 Å². The van der Waals surface area contributed by atoms with Gasteiger partial charge in [-0.1, -0.05) is 13.8 Å². The Morgan fingerprint density at radius 2 is 1.50 bits per heavy atom. The van der Waals surface area contributed by atoms with Gasteiger partial charge in [-0.2, -0.15) is 0 Å². The summed E-state index contributed by atoms with van der Waals surface area (Å²) in [5.74, 6) is 1.90. The molecule has 2 rings (SSSR count). The maximum atomic E-state index is 12.2. The minimum Gasteiger partial charge on any atom is -0.339 e. The highest BCUT2D eigenvalue weighted by molar-refractivity contribution is 5.77. The summed E-state index contributed by atoms with van der Waals surface area (Å²) in [4.78, 5) is 27.2. The van der Waals surface area contributed by atoms with E-state index in [1.165, 1.54) is 19.3 Å². The van der Waals surface area contributed by atoms with Crippen LogP contribution in [0.15, 0.2) is 0 Å². The van der Waals surface area contributed by atoms with Gasteiger partial charge in [0, 0.05) is 52.1 Å². The third-order valence-electron chi connectivity index (χ3n) is 5.03. The summed E-state index contributed by atoms with van der Waals surface area (Å²) in [7, 11) is 0. The number of carbonyl (C=O) groups excluding carboxylic acids is 2. The Balaban J connectivity index is 1.65. The Kier molecular flexibility index (Phi) is 6.24. The van der Waals surface area contributed by atoms with Crippen molar-refractivity contribution in [3.8, 4) is 0 Å². The zero-order chi connectivity index (χ0) is 16.1. The summed E-state index contributed by atoms with van der Waals surface area (Å²) in [6, 6.07) is 0.570. The minimum absolute atomic E-state index is 0.106. The van der Waals surface area contributed by atoms with Crippen molar-refractivity contribution >= 4 is 11.8 Å². The molecule has 1 unspecified atom stereocenters. The van der Waals surface area contributed by atoms with E-state index in [9.17, 15) is 9.59 Å². The average Bonchev–Trinajstić information content (AvgIpc) is 2.46. The maximum Gasteiger partial charge on any atom is 0.223 e. The molecule has 1 aliphatic carbocycles. The number of hydrogen-bond acceptors (Lipinski definition) is 3. The SMILES string of the molecule is CC(=O)N1CCN(C(=O)CCNC2C[C@@H](C)C[C@@H](C)C2)CC1. The number of piperazine rings is 1. The molecule has 0 radical (unpaired) electrons. The van der Waals surface area contributed by atoms with E-state index in [-0.39, 0.29) is 11.8 Å². The maximum absolute atomic E-state index is 12.2. The molecule has 1 saturated carbocycles. The molecule has 2 amide bonds. The van der Waals surface area contributed by atoms with Crippen LogP contribution in [-0.2, 0) is 9.59 Å². The molecule has 1 N–H and O–H groups in total. The highest BCUT2D eigenvalue weighted by atomic mass is 16.2. The second kappa shape index (κ2) is 7.95. The first-order valence-corrected chi connectivity index (χ1v) is 8.72. The van der Waals surface area contributed by atoms with E-state index in [0.29, 0.717) is 38.6 Å². The molecular formula is C17H31N3O2. The highest BCUT2D eigenvalue weighted by Gasteiger charge is 2.25. The number of carbonyl (C=O) groups is 2. The van der Waals surface area contributed by atoms with Crippen molar-refractivity contribution in [1.29, 1.82) is 0 Å². The summed E-state index contributed by atoms with van der Waals surface area (Å²) >= 11 is 0. The van der Waals surface area contributed by atoms with Crippen molar-refractivity contribution in [2.45, 2.75) is 52.5 Å². The second-order valence-corrected chi connectivity index (χ2v) is 7.21. The monoisotopic (exact) mass is 309 g/mol. The second-order valence-electron chi connectivity index (χ2n) is 7.21. The predicted octanol–water partition coefficient (Wildman–Crippen LogP) is 1.48. The van der Waals surface area contributed by atoms with Gasteiger partial charge in [0.05, 0.1) is 0 Å². The van der Waals surface area contributed by atoms with E-state index in [4.69, 9.17) is 0 Å². The highest BCUT2D eigenvalue weighted by Crippen LogP contribution is 2.28. The van der Waals surface area contributed by atoms with Crippen LogP contribution in [0.3, 0.4) is 0 Å². The molecule has 1 aliphatic heterocycles. The Morgan fingerprint density at radius 3 is 2.05 bits per heavy atom. The molecule has 0 bridgehead atoms. The van der Waals surface area contributed by atoms with Crippen molar-refractivity contribution in [2.75, 3.05) is 32.7 Å². The van der Waals surface area contributed by atoms with Gasteiger partial charge in [-0.05, 0) is 31.1 Å². The normalized spacial score (nSPS) is 29.5. The number of amides is 2. The van der Waals surface area contributed by atoms with Gasteiger partial charge in [-0.15, -0.1) is 0 Å². The summed E-state index contributed by atoms with van der Waals surface area (Å²) in [6.07, 6.45) is 4.36. The van der Waals surface area contributed by atoms with Gasteiger partial charge in [0.1, 0.15) is 0 Å². The van der Waals surface area contributed by atoms with Crippen molar-refractivity contribution in [3.63, 3.8) is 0 Å². The van der Waals surface area contributed by atoms with Gasteiger partial charge in [0.15, 0.2) is 0 Å². The zero-order valence-corrected chi connectivity index (χ0v) is 14.3. The van der Waals surface area contributed by atoms with Gasteiger partial charge >= 0.3 is 0 Å². The van der Waals surface area contributed by atoms with Crippen LogP contribution in [0, 0.1) is 11.8 Å². The predicted molar refractivity (Wildman–Crippen MR) is 87.4 cm³/mol. The zero-order valence-electron chi connectivity index (χ0n) is 14.3. The van der Waals surface area contributed by atoms with Crippen LogP contribution in [-0.4, -0.2) is 60.4 Å². The number of hydrogen-bond donors (Lipinski definition) is 1. The molecule has 2 fully saturated rings. The van der Waals surface area contributed by atoms with Crippen LogP contribution in [0.4, 0.5) is 0 Å². The lowest BCUT2D eigenvalue weighted by molar-refractivity contribution is -0.138. The molecule has 0 spiro atoms. The summed E-state index contributed by atoms with van der Waals surface area (Å²) in [5, 5.41) is 3.57. The topological polar surface area (TPSA) is 52.7 Å². The molecular weight excluding hydrogens is 278 g/mol. The fraction of sp³-hybridized carbons (Fsp3) is 0.882. The summed E-state index contributed by atoms with van der Waals surface area (Å²) < 4.78 is 0. The van der Waals surface area contributed by atoms with E-state index >= 15 is 0 Å². The Bertz CT molecular complexity index is 381. The minimum atomic E-state index is 0.106. The Hall–Kier alpha value is -1.10. The first-order valence-electron chi connectivity index (χ1n) is 8.72.